The van der Waals surface area contributed by atoms with E-state index in [0.717, 1.165) is 17.3 Å². The summed E-state index contributed by atoms with van der Waals surface area (Å²) in [6.07, 6.45) is 0.991. The normalized spacial score (nSPS) is 13.2. The predicted octanol–water partition coefficient (Wildman–Crippen LogP) is 11.8. The fourth-order valence-electron chi connectivity index (χ4n) is 5.98. The van der Waals surface area contributed by atoms with Gasteiger partial charge < -0.3 is 8.39 Å². The molecule has 0 spiro atoms. The Kier molecular flexibility index (Phi) is 8.79. The maximum absolute atomic E-state index is 7.28. The quantitative estimate of drug-likeness (QED) is 0.185. The second kappa shape index (κ2) is 12.0. The summed E-state index contributed by atoms with van der Waals surface area (Å²) < 4.78 is 14.6. The zero-order valence-corrected chi connectivity index (χ0v) is 29.7. The Hall–Kier alpha value is -2.79. The van der Waals surface area contributed by atoms with Crippen molar-refractivity contribution in [3.63, 3.8) is 0 Å². The number of fused-ring (bicyclic) bond motifs is 3. The second-order valence-corrected chi connectivity index (χ2v) is 18.3. The third-order valence-corrected chi connectivity index (χ3v) is 13.4. The summed E-state index contributed by atoms with van der Waals surface area (Å²) in [6.45, 7) is 25.1. The van der Waals surface area contributed by atoms with Gasteiger partial charge in [0.1, 0.15) is 11.2 Å². The number of rotatable bonds is 5. The summed E-state index contributed by atoms with van der Waals surface area (Å²) in [5, 5.41) is 5.23. The molecule has 5 aromatic rings. The van der Waals surface area contributed by atoms with Crippen LogP contribution in [-0.4, -0.2) is 6.16 Å². The van der Waals surface area contributed by atoms with Crippen LogP contribution in [0.25, 0.3) is 21.9 Å². The van der Waals surface area contributed by atoms with E-state index in [1.807, 2.05) is 0 Å². The first-order valence-electron chi connectivity index (χ1n) is 15.5. The molecule has 0 aliphatic heterocycles. The highest BCUT2D eigenvalue weighted by Crippen LogP contribution is 2.52. The van der Waals surface area contributed by atoms with Gasteiger partial charge in [0.25, 0.3) is 0 Å². The smallest absolute Gasteiger partial charge is 0.220 e. The van der Waals surface area contributed by atoms with E-state index in [0.29, 0.717) is 0 Å². The van der Waals surface area contributed by atoms with E-state index in [1.165, 1.54) is 54.8 Å². The molecule has 0 aliphatic rings. The number of benzene rings is 4. The van der Waals surface area contributed by atoms with E-state index >= 15 is 0 Å². The molecule has 1 aromatic heterocycles. The van der Waals surface area contributed by atoms with Gasteiger partial charge in [-0.3, -0.25) is 0 Å². The van der Waals surface area contributed by atoms with Crippen molar-refractivity contribution < 1.29 is 8.39 Å². The average molecular weight is 611 g/mol. The fraction of sp³-hybridized carbons (Fsp3) is 0.385. The molecular formula is C39H48O2P2. The van der Waals surface area contributed by atoms with E-state index in [2.05, 4.69) is 149 Å². The monoisotopic (exact) mass is 610 g/mol. The van der Waals surface area contributed by atoms with Crippen LogP contribution in [0.15, 0.2) is 81.2 Å². The number of hydrogen-bond acceptors (Lipinski definition) is 2. The SMILES string of the molecule is Cc1cc(C(C)(C)C)c2op([C@H](C)CP(c3ccccc3)c3ccccc3)oc3c(C(C)(C)C)cc(C)c(C)c3c2c1C. The van der Waals surface area contributed by atoms with Crippen molar-refractivity contribution in [1.29, 1.82) is 0 Å². The Morgan fingerprint density at radius 2 is 1.00 bits per heavy atom. The van der Waals surface area contributed by atoms with E-state index in [9.17, 15) is 0 Å². The minimum atomic E-state index is -1.30. The topological polar surface area (TPSA) is 26.3 Å². The molecule has 0 aliphatic carbocycles. The van der Waals surface area contributed by atoms with Gasteiger partial charge >= 0.3 is 0 Å². The molecule has 0 unspecified atom stereocenters. The largest absolute Gasteiger partial charge is 0.419 e. The van der Waals surface area contributed by atoms with Crippen LogP contribution in [0.4, 0.5) is 0 Å². The Morgan fingerprint density at radius 3 is 1.35 bits per heavy atom. The molecule has 0 saturated heterocycles. The third-order valence-electron chi connectivity index (χ3n) is 8.77. The number of aryl methyl sites for hydroxylation is 4. The Labute approximate surface area is 261 Å². The highest BCUT2D eigenvalue weighted by molar-refractivity contribution is 7.73. The van der Waals surface area contributed by atoms with Gasteiger partial charge in [-0.25, -0.2) is 0 Å². The van der Waals surface area contributed by atoms with Gasteiger partial charge in [0.05, 0.1) is 5.66 Å². The van der Waals surface area contributed by atoms with E-state index < -0.39 is 15.9 Å². The van der Waals surface area contributed by atoms with E-state index in [4.69, 9.17) is 8.39 Å². The fourth-order valence-corrected chi connectivity index (χ4v) is 10.4. The molecule has 0 saturated carbocycles. The predicted molar refractivity (Wildman–Crippen MR) is 191 cm³/mol. The molecule has 5 rings (SSSR count). The molecule has 0 radical (unpaired) electrons. The van der Waals surface area contributed by atoms with Gasteiger partial charge in [0, 0.05) is 21.9 Å². The maximum atomic E-state index is 7.28. The molecule has 4 aromatic carbocycles. The minimum Gasteiger partial charge on any atom is -0.419 e. The van der Waals surface area contributed by atoms with Crippen LogP contribution in [-0.2, 0) is 10.8 Å². The molecule has 2 nitrogen and oxygen atoms in total. The molecule has 4 heteroatoms. The zero-order chi connectivity index (χ0) is 31.3. The van der Waals surface area contributed by atoms with Crippen LogP contribution in [0.1, 0.15) is 87.5 Å². The summed E-state index contributed by atoms with van der Waals surface area (Å²) >= 11 is 0. The van der Waals surface area contributed by atoms with Crippen molar-refractivity contribution in [2.24, 2.45) is 0 Å². The summed E-state index contributed by atoms with van der Waals surface area (Å²) in [4.78, 5) is 0. The Morgan fingerprint density at radius 1 is 0.628 bits per heavy atom. The van der Waals surface area contributed by atoms with Crippen molar-refractivity contribution in [3.8, 4) is 0 Å². The molecule has 226 valence electrons. The molecular weight excluding hydrogens is 562 g/mol. The standard InChI is InChI=1S/C39H48O2P2/c1-25-22-32(38(6,7)8)36-34(28(25)4)35-29(5)26(2)23-33(39(9,10)11)37(35)41-43(40-36)27(3)24-42(30-18-14-12-15-19-30)31-20-16-13-17-21-31/h12-23,27H,24H2,1-11H3/t27-/m1/s1. The van der Waals surface area contributed by atoms with Crippen LogP contribution < -0.4 is 10.6 Å². The van der Waals surface area contributed by atoms with Gasteiger partial charge in [-0.05, 0) is 92.4 Å². The highest BCUT2D eigenvalue weighted by Gasteiger charge is 2.29. The first-order valence-corrected chi connectivity index (χ1v) is 18.3. The molecule has 1 atom stereocenters. The second-order valence-electron chi connectivity index (χ2n) is 14.2. The maximum Gasteiger partial charge on any atom is 0.220 e. The van der Waals surface area contributed by atoms with E-state index in [1.54, 1.807) is 0 Å². The molecule has 0 amide bonds. The molecule has 0 bridgehead atoms. The van der Waals surface area contributed by atoms with Crippen LogP contribution in [0, 0.1) is 27.7 Å². The van der Waals surface area contributed by atoms with Gasteiger partial charge in [0.2, 0.25) is 8.01 Å². The molecule has 0 fully saturated rings. The lowest BCUT2D eigenvalue weighted by Gasteiger charge is -2.23. The summed E-state index contributed by atoms with van der Waals surface area (Å²) in [5.41, 5.74) is 9.74. The zero-order valence-electron chi connectivity index (χ0n) is 27.9. The highest BCUT2D eigenvalue weighted by atomic mass is 31.1. The van der Waals surface area contributed by atoms with Crippen molar-refractivity contribution in [3.05, 3.63) is 106 Å². The average Bonchev–Trinajstić information content (AvgIpc) is 3.13. The Bertz CT molecular complexity index is 1680. The van der Waals surface area contributed by atoms with Crippen molar-refractivity contribution in [2.45, 2.75) is 92.7 Å². The van der Waals surface area contributed by atoms with Gasteiger partial charge in [-0.2, -0.15) is 0 Å². The van der Waals surface area contributed by atoms with Crippen molar-refractivity contribution >= 4 is 48.5 Å². The summed E-state index contributed by atoms with van der Waals surface area (Å²) in [5.74, 6) is 0. The van der Waals surface area contributed by atoms with Crippen molar-refractivity contribution in [2.75, 3.05) is 6.16 Å². The van der Waals surface area contributed by atoms with Crippen LogP contribution in [0.2, 0.25) is 0 Å². The summed E-state index contributed by atoms with van der Waals surface area (Å²) in [7, 11) is -1.89. The van der Waals surface area contributed by atoms with Gasteiger partial charge in [-0.1, -0.05) is 114 Å². The van der Waals surface area contributed by atoms with Crippen LogP contribution >= 0.6 is 15.9 Å². The lowest BCUT2D eigenvalue weighted by molar-refractivity contribution is 0.561. The molecule has 43 heavy (non-hydrogen) atoms. The molecule has 1 heterocycles. The van der Waals surface area contributed by atoms with Crippen molar-refractivity contribution in [1.82, 2.24) is 0 Å². The lowest BCUT2D eigenvalue weighted by atomic mass is 9.81. The van der Waals surface area contributed by atoms with Gasteiger partial charge in [-0.15, -0.1) is 0 Å². The van der Waals surface area contributed by atoms with Crippen LogP contribution in [0.5, 0.6) is 0 Å². The lowest BCUT2D eigenvalue weighted by Crippen LogP contribution is -2.15. The minimum absolute atomic E-state index is 0.0808. The van der Waals surface area contributed by atoms with E-state index in [-0.39, 0.29) is 16.5 Å². The first kappa shape index (κ1) is 31.6. The summed E-state index contributed by atoms with van der Waals surface area (Å²) in [6, 6.07) is 26.7. The first-order chi connectivity index (χ1) is 20.2. The van der Waals surface area contributed by atoms with Crippen LogP contribution in [0.3, 0.4) is 0 Å². The number of hydrogen-bond donors (Lipinski definition) is 0. The van der Waals surface area contributed by atoms with Gasteiger partial charge in [0.15, 0.2) is 0 Å². The molecule has 0 N–H and O–H groups in total. The Balaban J connectivity index is 1.88. The third kappa shape index (κ3) is 6.25.